The maximum atomic E-state index is 11.7. The third kappa shape index (κ3) is 2.12. The lowest BCUT2D eigenvalue weighted by Crippen LogP contribution is -2.22. The van der Waals surface area contributed by atoms with Gasteiger partial charge in [0.05, 0.1) is 33.2 Å². The van der Waals surface area contributed by atoms with E-state index in [1.807, 2.05) is 0 Å². The summed E-state index contributed by atoms with van der Waals surface area (Å²) in [5, 5.41) is 0. The Labute approximate surface area is 109 Å². The first-order valence-corrected chi connectivity index (χ1v) is 5.38. The second-order valence-electron chi connectivity index (χ2n) is 3.70. The Morgan fingerprint density at radius 2 is 1.53 bits per heavy atom. The minimum absolute atomic E-state index is 0.151. The third-order valence-corrected chi connectivity index (χ3v) is 2.67. The van der Waals surface area contributed by atoms with Crippen LogP contribution in [0, 0.1) is 0 Å². The number of cyclic esters (lactones) is 2. The van der Waals surface area contributed by atoms with Crippen LogP contribution < -0.4 is 9.47 Å². The van der Waals surface area contributed by atoms with Crippen LogP contribution in [0.1, 0.15) is 15.9 Å². The van der Waals surface area contributed by atoms with Crippen LogP contribution in [0.3, 0.4) is 0 Å². The van der Waals surface area contributed by atoms with E-state index in [2.05, 4.69) is 4.74 Å². The van der Waals surface area contributed by atoms with E-state index in [0.29, 0.717) is 17.1 Å². The SMILES string of the molecule is COC=C1C(=O)OC(=O)c2cc(OC)c(OC)cc21. The third-order valence-electron chi connectivity index (χ3n) is 2.67. The van der Waals surface area contributed by atoms with E-state index in [9.17, 15) is 9.59 Å². The van der Waals surface area contributed by atoms with Crippen LogP contribution >= 0.6 is 0 Å². The molecule has 0 radical (unpaired) electrons. The number of methoxy groups -OCH3 is 3. The minimum Gasteiger partial charge on any atom is -0.503 e. The van der Waals surface area contributed by atoms with E-state index in [1.165, 1.54) is 39.7 Å². The Hall–Kier alpha value is -2.50. The second kappa shape index (κ2) is 5.01. The fourth-order valence-corrected chi connectivity index (χ4v) is 1.80. The van der Waals surface area contributed by atoms with Gasteiger partial charge >= 0.3 is 11.9 Å². The van der Waals surface area contributed by atoms with Gasteiger partial charge in [0.1, 0.15) is 5.57 Å². The number of carbonyl (C=O) groups excluding carboxylic acids is 2. The molecule has 19 heavy (non-hydrogen) atoms. The average Bonchev–Trinajstić information content (AvgIpc) is 2.42. The normalized spacial score (nSPS) is 15.8. The zero-order chi connectivity index (χ0) is 14.0. The van der Waals surface area contributed by atoms with Gasteiger partial charge in [0.15, 0.2) is 11.5 Å². The summed E-state index contributed by atoms with van der Waals surface area (Å²) in [6.07, 6.45) is 1.22. The smallest absolute Gasteiger partial charge is 0.349 e. The zero-order valence-electron chi connectivity index (χ0n) is 10.7. The molecule has 0 fully saturated rings. The van der Waals surface area contributed by atoms with Crippen LogP contribution in [-0.2, 0) is 14.3 Å². The molecule has 0 aliphatic carbocycles. The summed E-state index contributed by atoms with van der Waals surface area (Å²) in [5.41, 5.74) is 0.763. The Morgan fingerprint density at radius 3 is 2.05 bits per heavy atom. The summed E-state index contributed by atoms with van der Waals surface area (Å²) in [6, 6.07) is 3.00. The maximum absolute atomic E-state index is 11.7. The van der Waals surface area contributed by atoms with Gasteiger partial charge in [0.2, 0.25) is 0 Å². The van der Waals surface area contributed by atoms with Crippen molar-refractivity contribution in [2.75, 3.05) is 21.3 Å². The maximum Gasteiger partial charge on any atom is 0.349 e. The summed E-state index contributed by atoms with van der Waals surface area (Å²) in [4.78, 5) is 23.4. The molecule has 0 spiro atoms. The lowest BCUT2D eigenvalue weighted by molar-refractivity contribution is -0.131. The van der Waals surface area contributed by atoms with Crippen molar-refractivity contribution in [1.29, 1.82) is 0 Å². The van der Waals surface area contributed by atoms with Gasteiger partial charge in [-0.2, -0.15) is 0 Å². The molecule has 6 heteroatoms. The molecule has 100 valence electrons. The summed E-state index contributed by atoms with van der Waals surface area (Å²) in [7, 11) is 4.32. The van der Waals surface area contributed by atoms with Crippen molar-refractivity contribution in [2.45, 2.75) is 0 Å². The largest absolute Gasteiger partial charge is 0.503 e. The summed E-state index contributed by atoms with van der Waals surface area (Å²) in [5.74, 6) is -0.698. The van der Waals surface area contributed by atoms with Crippen molar-refractivity contribution in [2.24, 2.45) is 0 Å². The number of fused-ring (bicyclic) bond motifs is 1. The second-order valence-corrected chi connectivity index (χ2v) is 3.70. The van der Waals surface area contributed by atoms with E-state index in [1.54, 1.807) is 0 Å². The molecule has 0 amide bonds. The number of ether oxygens (including phenoxy) is 4. The number of hydrogen-bond donors (Lipinski definition) is 0. The van der Waals surface area contributed by atoms with Crippen molar-refractivity contribution in [3.63, 3.8) is 0 Å². The number of benzene rings is 1. The molecule has 0 aromatic heterocycles. The van der Waals surface area contributed by atoms with Crippen molar-refractivity contribution in [3.05, 3.63) is 29.5 Å². The summed E-state index contributed by atoms with van der Waals surface area (Å²) in [6.45, 7) is 0. The van der Waals surface area contributed by atoms with Gasteiger partial charge in [-0.1, -0.05) is 0 Å². The molecule has 0 saturated heterocycles. The fraction of sp³-hybridized carbons (Fsp3) is 0.231. The fourth-order valence-electron chi connectivity index (χ4n) is 1.80. The quantitative estimate of drug-likeness (QED) is 0.355. The highest BCUT2D eigenvalue weighted by Crippen LogP contribution is 2.36. The van der Waals surface area contributed by atoms with Crippen LogP contribution in [0.4, 0.5) is 0 Å². The first-order chi connectivity index (χ1) is 9.12. The van der Waals surface area contributed by atoms with Crippen molar-refractivity contribution in [1.82, 2.24) is 0 Å². The molecular weight excluding hydrogens is 252 g/mol. The van der Waals surface area contributed by atoms with E-state index in [0.717, 1.165) is 0 Å². The van der Waals surface area contributed by atoms with Gasteiger partial charge in [0.25, 0.3) is 0 Å². The molecule has 0 N–H and O–H groups in total. The molecular formula is C13H12O6. The molecule has 6 nitrogen and oxygen atoms in total. The molecule has 0 atom stereocenters. The average molecular weight is 264 g/mol. The predicted molar refractivity (Wildman–Crippen MR) is 65.0 cm³/mol. The minimum atomic E-state index is -0.758. The molecule has 2 rings (SSSR count). The lowest BCUT2D eigenvalue weighted by Gasteiger charge is -2.19. The first-order valence-electron chi connectivity index (χ1n) is 5.38. The van der Waals surface area contributed by atoms with Gasteiger partial charge in [-0.25, -0.2) is 9.59 Å². The standard InChI is InChI=1S/C13H12O6/c1-16-6-9-7-4-10(17-2)11(18-3)5-8(7)12(14)19-13(9)15/h4-6H,1-3H3. The van der Waals surface area contributed by atoms with Gasteiger partial charge in [0, 0.05) is 5.56 Å². The number of rotatable bonds is 3. The number of esters is 2. The molecule has 0 saturated carbocycles. The Kier molecular flexibility index (Phi) is 3.41. The molecule has 1 aliphatic rings. The molecule has 1 aromatic carbocycles. The van der Waals surface area contributed by atoms with E-state index < -0.39 is 11.9 Å². The van der Waals surface area contributed by atoms with Gasteiger partial charge in [-0.05, 0) is 12.1 Å². The van der Waals surface area contributed by atoms with Crippen molar-refractivity contribution < 1.29 is 28.5 Å². The van der Waals surface area contributed by atoms with E-state index in [4.69, 9.17) is 14.2 Å². The Balaban J connectivity index is 2.68. The molecule has 1 aliphatic heterocycles. The van der Waals surface area contributed by atoms with E-state index in [-0.39, 0.29) is 11.1 Å². The Morgan fingerprint density at radius 1 is 0.947 bits per heavy atom. The molecule has 0 unspecified atom stereocenters. The van der Waals surface area contributed by atoms with E-state index >= 15 is 0 Å². The predicted octanol–water partition coefficient (Wildman–Crippen LogP) is 1.39. The van der Waals surface area contributed by atoms with Gasteiger partial charge < -0.3 is 18.9 Å². The summed E-state index contributed by atoms with van der Waals surface area (Å²) < 4.78 is 19.7. The van der Waals surface area contributed by atoms with Crippen LogP contribution in [-0.4, -0.2) is 33.3 Å². The lowest BCUT2D eigenvalue weighted by atomic mass is 9.97. The van der Waals surface area contributed by atoms with Gasteiger partial charge in [-0.3, -0.25) is 0 Å². The first kappa shape index (κ1) is 12.9. The molecule has 0 bridgehead atoms. The van der Waals surface area contributed by atoms with Crippen LogP contribution in [0.2, 0.25) is 0 Å². The number of carbonyl (C=O) groups is 2. The monoisotopic (exact) mass is 264 g/mol. The molecule has 1 heterocycles. The molecule has 1 aromatic rings. The topological polar surface area (TPSA) is 71.1 Å². The number of hydrogen-bond acceptors (Lipinski definition) is 6. The van der Waals surface area contributed by atoms with Crippen LogP contribution in [0.25, 0.3) is 5.57 Å². The van der Waals surface area contributed by atoms with Crippen LogP contribution in [0.15, 0.2) is 18.4 Å². The zero-order valence-corrected chi connectivity index (χ0v) is 10.7. The highest BCUT2D eigenvalue weighted by Gasteiger charge is 2.31. The van der Waals surface area contributed by atoms with Crippen molar-refractivity contribution in [3.8, 4) is 11.5 Å². The summed E-state index contributed by atoms with van der Waals surface area (Å²) >= 11 is 0. The van der Waals surface area contributed by atoms with Crippen LogP contribution in [0.5, 0.6) is 11.5 Å². The van der Waals surface area contributed by atoms with Gasteiger partial charge in [-0.15, -0.1) is 0 Å². The highest BCUT2D eigenvalue weighted by atomic mass is 16.6. The Bertz CT molecular complexity index is 573. The van der Waals surface area contributed by atoms with Crippen molar-refractivity contribution >= 4 is 17.5 Å². The highest BCUT2D eigenvalue weighted by molar-refractivity contribution is 6.26.